The van der Waals surface area contributed by atoms with E-state index >= 15 is 0 Å². The molecule has 1 aliphatic rings. The number of benzene rings is 2. The molecular formula is C20H26N4O4S. The molecule has 2 aromatic carbocycles. The highest BCUT2D eigenvalue weighted by Gasteiger charge is 2.47. The number of hydrogen-bond donors (Lipinski definition) is 4. The highest BCUT2D eigenvalue weighted by atomic mass is 32.2. The second-order valence-corrected chi connectivity index (χ2v) is 9.16. The number of primary sulfonamides is 1. The van der Waals surface area contributed by atoms with Gasteiger partial charge in [-0.1, -0.05) is 42.5 Å². The topological polar surface area (TPSA) is 143 Å². The molecule has 0 aliphatic carbocycles. The van der Waals surface area contributed by atoms with E-state index in [1.807, 2.05) is 30.3 Å². The minimum atomic E-state index is -4.05. The van der Waals surface area contributed by atoms with Gasteiger partial charge in [0.2, 0.25) is 10.0 Å². The van der Waals surface area contributed by atoms with Gasteiger partial charge in [0.1, 0.15) is 22.4 Å². The van der Waals surface area contributed by atoms with Crippen LogP contribution in [0.1, 0.15) is 31.0 Å². The Labute approximate surface area is 170 Å². The van der Waals surface area contributed by atoms with Crippen molar-refractivity contribution in [2.45, 2.75) is 42.9 Å². The summed E-state index contributed by atoms with van der Waals surface area (Å²) < 4.78 is 30.0. The van der Waals surface area contributed by atoms with E-state index in [0.717, 1.165) is 5.56 Å². The maximum Gasteiger partial charge on any atom is 0.241 e. The van der Waals surface area contributed by atoms with Crippen molar-refractivity contribution in [1.29, 1.82) is 5.41 Å². The predicted molar refractivity (Wildman–Crippen MR) is 110 cm³/mol. The van der Waals surface area contributed by atoms with Crippen LogP contribution >= 0.6 is 0 Å². The molecule has 156 valence electrons. The molecule has 0 spiro atoms. The lowest BCUT2D eigenvalue weighted by molar-refractivity contribution is -0.0834. The summed E-state index contributed by atoms with van der Waals surface area (Å²) in [5.74, 6) is -0.143. The Balaban J connectivity index is 2.07. The normalized spacial score (nSPS) is 20.4. The number of nitrogens with two attached hydrogens (primary N) is 2. The van der Waals surface area contributed by atoms with Crippen LogP contribution in [0.3, 0.4) is 0 Å². The van der Waals surface area contributed by atoms with Crippen LogP contribution in [-0.4, -0.2) is 42.6 Å². The van der Waals surface area contributed by atoms with Crippen molar-refractivity contribution in [2.75, 3.05) is 6.54 Å². The fraction of sp³-hybridized carbons (Fsp3) is 0.350. The van der Waals surface area contributed by atoms with Gasteiger partial charge in [0.15, 0.2) is 5.96 Å². The number of hydrogen-bond acceptors (Lipinski definition) is 5. The van der Waals surface area contributed by atoms with Gasteiger partial charge in [-0.15, -0.1) is 0 Å². The average molecular weight is 419 g/mol. The molecule has 0 saturated carbocycles. The third-order valence-electron chi connectivity index (χ3n) is 5.14. The zero-order valence-electron chi connectivity index (χ0n) is 16.4. The molecule has 0 aromatic heterocycles. The van der Waals surface area contributed by atoms with Crippen molar-refractivity contribution in [3.8, 4) is 5.75 Å². The Morgan fingerprint density at radius 3 is 2.45 bits per heavy atom. The Bertz CT molecular complexity index is 1010. The van der Waals surface area contributed by atoms with E-state index < -0.39 is 27.8 Å². The van der Waals surface area contributed by atoms with Crippen LogP contribution in [0, 0.1) is 5.41 Å². The molecule has 0 fully saturated rings. The molecule has 2 atom stereocenters. The molecule has 2 aromatic rings. The molecule has 9 heteroatoms. The molecule has 0 amide bonds. The molecule has 6 N–H and O–H groups in total. The number of ether oxygens (including phenoxy) is 1. The average Bonchev–Trinajstić information content (AvgIpc) is 2.63. The van der Waals surface area contributed by atoms with E-state index in [1.165, 1.54) is 12.1 Å². The van der Waals surface area contributed by atoms with Gasteiger partial charge in [-0.05, 0) is 31.9 Å². The number of para-hydroxylation sites is 1. The first kappa shape index (κ1) is 21.1. The van der Waals surface area contributed by atoms with Crippen molar-refractivity contribution >= 4 is 16.0 Å². The molecule has 0 radical (unpaired) electrons. The number of nitrogens with zero attached hydrogens (tertiary/aromatic N) is 1. The van der Waals surface area contributed by atoms with Crippen LogP contribution in [0.4, 0.5) is 0 Å². The second-order valence-electron chi connectivity index (χ2n) is 7.63. The van der Waals surface area contributed by atoms with Gasteiger partial charge in [0.25, 0.3) is 0 Å². The van der Waals surface area contributed by atoms with Crippen LogP contribution in [0.5, 0.6) is 5.75 Å². The summed E-state index contributed by atoms with van der Waals surface area (Å²) in [5, 5.41) is 24.5. The fourth-order valence-electron chi connectivity index (χ4n) is 3.61. The molecule has 29 heavy (non-hydrogen) atoms. The lowest BCUT2D eigenvalue weighted by Gasteiger charge is -2.46. The van der Waals surface area contributed by atoms with E-state index in [2.05, 4.69) is 0 Å². The molecule has 2 unspecified atom stereocenters. The minimum absolute atomic E-state index is 0.0845. The fourth-order valence-corrected chi connectivity index (χ4v) is 4.30. The first-order valence-corrected chi connectivity index (χ1v) is 10.7. The van der Waals surface area contributed by atoms with E-state index in [1.54, 1.807) is 24.8 Å². The second kappa shape index (κ2) is 7.66. The smallest absolute Gasteiger partial charge is 0.241 e. The van der Waals surface area contributed by atoms with Gasteiger partial charge in [-0.3, -0.25) is 5.41 Å². The largest absolute Gasteiger partial charge is 0.483 e. The summed E-state index contributed by atoms with van der Waals surface area (Å²) in [6.07, 6.45) is -0.472. The number of aliphatic hydroxyl groups is 1. The summed E-state index contributed by atoms with van der Waals surface area (Å²) >= 11 is 0. The lowest BCUT2D eigenvalue weighted by Crippen LogP contribution is -2.56. The summed E-state index contributed by atoms with van der Waals surface area (Å²) in [5.41, 5.74) is 6.23. The number of aliphatic hydroxyl groups excluding tert-OH is 1. The third kappa shape index (κ3) is 4.21. The van der Waals surface area contributed by atoms with Crippen molar-refractivity contribution in [2.24, 2.45) is 10.9 Å². The number of rotatable bonds is 5. The van der Waals surface area contributed by atoms with Crippen molar-refractivity contribution < 1.29 is 18.3 Å². The summed E-state index contributed by atoms with van der Waals surface area (Å²) in [6, 6.07) is 13.5. The molecule has 1 heterocycles. The van der Waals surface area contributed by atoms with E-state index in [0.29, 0.717) is 18.5 Å². The Kier molecular flexibility index (Phi) is 5.57. The SMILES string of the molecule is CC1(C)Oc2c(cccc2S(N)(=O)=O)C(N(CCc2ccccc2)C(=N)N)C1O. The van der Waals surface area contributed by atoms with Gasteiger partial charge in [0.05, 0.1) is 6.04 Å². The zero-order chi connectivity index (χ0) is 21.4. The first-order chi connectivity index (χ1) is 13.5. The monoisotopic (exact) mass is 418 g/mol. The van der Waals surface area contributed by atoms with Gasteiger partial charge >= 0.3 is 0 Å². The van der Waals surface area contributed by atoms with E-state index in [4.69, 9.17) is 21.0 Å². The summed E-state index contributed by atoms with van der Waals surface area (Å²) in [4.78, 5) is 1.40. The molecule has 8 nitrogen and oxygen atoms in total. The Morgan fingerprint density at radius 1 is 1.21 bits per heavy atom. The molecule has 3 rings (SSSR count). The number of nitrogens with one attached hydrogen (secondary N) is 1. The zero-order valence-corrected chi connectivity index (χ0v) is 17.2. The van der Waals surface area contributed by atoms with Crippen LogP contribution in [0.25, 0.3) is 0 Å². The van der Waals surface area contributed by atoms with Crippen molar-refractivity contribution in [3.63, 3.8) is 0 Å². The summed E-state index contributed by atoms with van der Waals surface area (Å²) in [7, 11) is -4.05. The molecule has 0 bridgehead atoms. The van der Waals surface area contributed by atoms with Crippen molar-refractivity contribution in [1.82, 2.24) is 4.90 Å². The first-order valence-electron chi connectivity index (χ1n) is 9.20. The number of sulfonamides is 1. The molecule has 1 aliphatic heterocycles. The van der Waals surface area contributed by atoms with E-state index in [-0.39, 0.29) is 16.6 Å². The maximum absolute atomic E-state index is 12.1. The molecular weight excluding hydrogens is 392 g/mol. The molecule has 0 saturated heterocycles. The Hall–Kier alpha value is -2.62. The summed E-state index contributed by atoms with van der Waals surface area (Å²) in [6.45, 7) is 3.67. The van der Waals surface area contributed by atoms with Crippen LogP contribution in [-0.2, 0) is 16.4 Å². The van der Waals surface area contributed by atoms with Gasteiger partial charge in [0, 0.05) is 12.1 Å². The van der Waals surface area contributed by atoms with Crippen LogP contribution in [0.15, 0.2) is 53.4 Å². The number of guanidine groups is 1. The van der Waals surface area contributed by atoms with Gasteiger partial charge in [-0.2, -0.15) is 0 Å². The van der Waals surface area contributed by atoms with Gasteiger partial charge in [-0.25, -0.2) is 13.6 Å². The maximum atomic E-state index is 12.1. The quantitative estimate of drug-likeness (QED) is 0.426. The minimum Gasteiger partial charge on any atom is -0.483 e. The number of fused-ring (bicyclic) bond motifs is 1. The van der Waals surface area contributed by atoms with E-state index in [9.17, 15) is 13.5 Å². The third-order valence-corrected chi connectivity index (χ3v) is 6.07. The highest BCUT2D eigenvalue weighted by Crippen LogP contribution is 2.45. The lowest BCUT2D eigenvalue weighted by atomic mass is 9.85. The van der Waals surface area contributed by atoms with Gasteiger partial charge < -0.3 is 20.5 Å². The van der Waals surface area contributed by atoms with Crippen LogP contribution < -0.4 is 15.6 Å². The Morgan fingerprint density at radius 2 is 1.86 bits per heavy atom. The van der Waals surface area contributed by atoms with Crippen LogP contribution in [0.2, 0.25) is 0 Å². The highest BCUT2D eigenvalue weighted by molar-refractivity contribution is 7.89. The standard InChI is InChI=1S/C20H26N4O4S/c1-20(2)18(25)16(14-9-6-10-15(17(14)28-20)29(23,26)27)24(19(21)22)12-11-13-7-4-3-5-8-13/h3-10,16,18,25H,11-12H2,1-2H3,(H3,21,22)(H2,23,26,27). The van der Waals surface area contributed by atoms with Crippen molar-refractivity contribution in [3.05, 3.63) is 59.7 Å². The predicted octanol–water partition coefficient (Wildman–Crippen LogP) is 1.35.